The van der Waals surface area contributed by atoms with Gasteiger partial charge in [-0.2, -0.15) is 0 Å². The number of ether oxygens (including phenoxy) is 3. The molecule has 0 fully saturated rings. The summed E-state index contributed by atoms with van der Waals surface area (Å²) in [6.45, 7) is 8.86. The van der Waals surface area contributed by atoms with Gasteiger partial charge >= 0.3 is 17.9 Å². The lowest BCUT2D eigenvalue weighted by atomic mass is 10.0. The zero-order chi connectivity index (χ0) is 33.9. The first kappa shape index (κ1) is 44.4. The van der Waals surface area contributed by atoms with Gasteiger partial charge in [0.25, 0.3) is 0 Å². The Hall–Kier alpha value is -1.59. The molecule has 0 N–H and O–H groups in total. The van der Waals surface area contributed by atoms with Crippen LogP contribution < -0.4 is 0 Å². The Balaban J connectivity index is 4.21. The lowest BCUT2D eigenvalue weighted by Gasteiger charge is -2.18. The van der Waals surface area contributed by atoms with Gasteiger partial charge < -0.3 is 14.2 Å². The third-order valence-corrected chi connectivity index (χ3v) is 8.79. The first-order valence-electron chi connectivity index (χ1n) is 19.9. The molecule has 0 spiro atoms. The van der Waals surface area contributed by atoms with Gasteiger partial charge in [-0.25, -0.2) is 0 Å². The second-order valence-electron chi connectivity index (χ2n) is 14.0. The summed E-state index contributed by atoms with van der Waals surface area (Å²) in [5.41, 5.74) is 0. The number of esters is 3. The van der Waals surface area contributed by atoms with E-state index in [1.807, 2.05) is 0 Å². The minimum absolute atomic E-state index is 0.0663. The molecule has 0 unspecified atom stereocenters. The average Bonchev–Trinajstić information content (AvgIpc) is 3.03. The number of carbonyl (C=O) groups is 3. The number of hydrogen-bond donors (Lipinski definition) is 0. The van der Waals surface area contributed by atoms with Crippen molar-refractivity contribution in [1.29, 1.82) is 0 Å². The predicted molar refractivity (Wildman–Crippen MR) is 192 cm³/mol. The van der Waals surface area contributed by atoms with Crippen molar-refractivity contribution < 1.29 is 28.6 Å². The Bertz CT molecular complexity index is 691. The molecule has 46 heavy (non-hydrogen) atoms. The van der Waals surface area contributed by atoms with Gasteiger partial charge in [0.05, 0.1) is 0 Å². The smallest absolute Gasteiger partial charge is 0.306 e. The molecule has 6 heteroatoms. The summed E-state index contributed by atoms with van der Waals surface area (Å²) in [5, 5.41) is 0. The summed E-state index contributed by atoms with van der Waals surface area (Å²) >= 11 is 0. The molecule has 0 radical (unpaired) electrons. The maximum atomic E-state index is 12.5. The molecule has 272 valence electrons. The zero-order valence-electron chi connectivity index (χ0n) is 31.0. The van der Waals surface area contributed by atoms with Gasteiger partial charge in [0.2, 0.25) is 0 Å². The average molecular weight is 653 g/mol. The van der Waals surface area contributed by atoms with Crippen molar-refractivity contribution >= 4 is 17.9 Å². The van der Waals surface area contributed by atoms with Gasteiger partial charge in [-0.15, -0.1) is 0 Å². The Morgan fingerprint density at radius 1 is 0.413 bits per heavy atom. The maximum Gasteiger partial charge on any atom is 0.306 e. The molecule has 0 aromatic heterocycles. The summed E-state index contributed by atoms with van der Waals surface area (Å²) in [6, 6.07) is 0. The molecule has 0 bridgehead atoms. The van der Waals surface area contributed by atoms with Gasteiger partial charge in [0, 0.05) is 19.3 Å². The number of hydrogen-bond acceptors (Lipinski definition) is 6. The second-order valence-corrected chi connectivity index (χ2v) is 14.0. The van der Waals surface area contributed by atoms with Crippen LogP contribution in [0.15, 0.2) is 0 Å². The Morgan fingerprint density at radius 3 is 1.07 bits per heavy atom. The van der Waals surface area contributed by atoms with E-state index in [-0.39, 0.29) is 31.1 Å². The van der Waals surface area contributed by atoms with Crippen LogP contribution in [-0.2, 0) is 28.6 Å². The monoisotopic (exact) mass is 653 g/mol. The van der Waals surface area contributed by atoms with Gasteiger partial charge in [-0.3, -0.25) is 14.4 Å². The number of unbranched alkanes of at least 4 members (excludes halogenated alkanes) is 22. The molecule has 0 amide bonds. The largest absolute Gasteiger partial charge is 0.462 e. The van der Waals surface area contributed by atoms with Crippen LogP contribution in [0, 0.1) is 5.92 Å². The highest BCUT2D eigenvalue weighted by molar-refractivity contribution is 5.71. The fraction of sp³-hybridized carbons (Fsp3) is 0.925. The molecule has 0 rings (SSSR count). The fourth-order valence-electron chi connectivity index (χ4n) is 5.74. The second kappa shape index (κ2) is 34.7. The van der Waals surface area contributed by atoms with Crippen LogP contribution in [0.1, 0.15) is 214 Å². The van der Waals surface area contributed by atoms with Crippen LogP contribution in [0.4, 0.5) is 0 Å². The van der Waals surface area contributed by atoms with Gasteiger partial charge in [0.1, 0.15) is 13.2 Å². The van der Waals surface area contributed by atoms with Crippen molar-refractivity contribution in [3.05, 3.63) is 0 Å². The third kappa shape index (κ3) is 33.8. The minimum atomic E-state index is -0.755. The molecule has 0 aromatic rings. The van der Waals surface area contributed by atoms with E-state index < -0.39 is 6.10 Å². The van der Waals surface area contributed by atoms with E-state index in [4.69, 9.17) is 14.2 Å². The van der Waals surface area contributed by atoms with Crippen molar-refractivity contribution in [3.8, 4) is 0 Å². The molecule has 0 aliphatic carbocycles. The molecule has 0 heterocycles. The van der Waals surface area contributed by atoms with Crippen LogP contribution in [-0.4, -0.2) is 37.2 Å². The van der Waals surface area contributed by atoms with Crippen LogP contribution in [0.3, 0.4) is 0 Å². The van der Waals surface area contributed by atoms with Crippen molar-refractivity contribution in [2.75, 3.05) is 13.2 Å². The van der Waals surface area contributed by atoms with Crippen LogP contribution in [0.5, 0.6) is 0 Å². The van der Waals surface area contributed by atoms with Crippen LogP contribution >= 0.6 is 0 Å². The van der Waals surface area contributed by atoms with E-state index in [1.165, 1.54) is 103 Å². The van der Waals surface area contributed by atoms with Crippen LogP contribution in [0.2, 0.25) is 0 Å². The van der Waals surface area contributed by atoms with Gasteiger partial charge in [-0.05, 0) is 25.2 Å². The van der Waals surface area contributed by atoms with Crippen LogP contribution in [0.25, 0.3) is 0 Å². The molecule has 1 atom stereocenters. The number of rotatable bonds is 35. The lowest BCUT2D eigenvalue weighted by molar-refractivity contribution is -0.167. The van der Waals surface area contributed by atoms with E-state index in [1.54, 1.807) is 0 Å². The third-order valence-electron chi connectivity index (χ3n) is 8.79. The number of carbonyl (C=O) groups excluding carboxylic acids is 3. The Kier molecular flexibility index (Phi) is 33.5. The highest BCUT2D eigenvalue weighted by Crippen LogP contribution is 2.15. The molecule has 0 saturated carbocycles. The summed E-state index contributed by atoms with van der Waals surface area (Å²) < 4.78 is 16.5. The topological polar surface area (TPSA) is 78.9 Å². The normalized spacial score (nSPS) is 11.9. The highest BCUT2D eigenvalue weighted by atomic mass is 16.6. The van der Waals surface area contributed by atoms with Crippen molar-refractivity contribution in [1.82, 2.24) is 0 Å². The zero-order valence-corrected chi connectivity index (χ0v) is 31.0. The van der Waals surface area contributed by atoms with E-state index in [2.05, 4.69) is 27.7 Å². The summed E-state index contributed by atoms with van der Waals surface area (Å²) in [5.74, 6) is -0.0602. The standard InChI is InChI=1S/C40H76O6/c1-5-7-9-11-12-13-17-20-24-27-31-38(41)44-34-37(46-40(43)33-29-22-10-8-6-2)35-45-39(42)32-28-25-21-18-15-14-16-19-23-26-30-36(3)4/h36-37H,5-35H2,1-4H3/t37-/m0/s1. The minimum Gasteiger partial charge on any atom is -0.462 e. The van der Waals surface area contributed by atoms with Crippen molar-refractivity contribution in [3.63, 3.8) is 0 Å². The lowest BCUT2D eigenvalue weighted by Crippen LogP contribution is -2.30. The molecule has 0 saturated heterocycles. The highest BCUT2D eigenvalue weighted by Gasteiger charge is 2.19. The van der Waals surface area contributed by atoms with E-state index in [0.29, 0.717) is 19.3 Å². The maximum absolute atomic E-state index is 12.5. The molecule has 6 nitrogen and oxygen atoms in total. The Morgan fingerprint density at radius 2 is 0.717 bits per heavy atom. The summed E-state index contributed by atoms with van der Waals surface area (Å²) in [6.07, 6.45) is 31.2. The van der Waals surface area contributed by atoms with Gasteiger partial charge in [-0.1, -0.05) is 175 Å². The SMILES string of the molecule is CCCCCCCCCCCCC(=O)OC[C@@H](COC(=O)CCCCCCCCCCCCC(C)C)OC(=O)CCCCCCC. The van der Waals surface area contributed by atoms with E-state index in [9.17, 15) is 14.4 Å². The summed E-state index contributed by atoms with van der Waals surface area (Å²) in [7, 11) is 0. The predicted octanol–water partition coefficient (Wildman–Crippen LogP) is 12.0. The van der Waals surface area contributed by atoms with Crippen molar-refractivity contribution in [2.45, 2.75) is 220 Å². The molecule has 0 aromatic carbocycles. The quantitative estimate of drug-likeness (QED) is 0.0385. The molecule has 0 aliphatic heterocycles. The van der Waals surface area contributed by atoms with Crippen molar-refractivity contribution in [2.24, 2.45) is 5.92 Å². The molecular weight excluding hydrogens is 576 g/mol. The van der Waals surface area contributed by atoms with Gasteiger partial charge in [0.15, 0.2) is 6.10 Å². The van der Waals surface area contributed by atoms with E-state index >= 15 is 0 Å². The first-order valence-corrected chi connectivity index (χ1v) is 19.9. The first-order chi connectivity index (χ1) is 22.4. The molecular formula is C40H76O6. The Labute approximate surface area is 285 Å². The van der Waals surface area contributed by atoms with E-state index in [0.717, 1.165) is 70.1 Å². The fourth-order valence-corrected chi connectivity index (χ4v) is 5.74. The molecule has 0 aliphatic rings. The summed E-state index contributed by atoms with van der Waals surface area (Å²) in [4.78, 5) is 37.2.